The van der Waals surface area contributed by atoms with Crippen LogP contribution in [-0.2, 0) is 22.6 Å². The maximum absolute atomic E-state index is 11.8. The molecule has 0 spiro atoms. The zero-order valence-corrected chi connectivity index (χ0v) is 10.2. The van der Waals surface area contributed by atoms with Crippen LogP contribution in [0.25, 0.3) is 0 Å². The third-order valence-electron chi connectivity index (χ3n) is 3.38. The van der Waals surface area contributed by atoms with Crippen LogP contribution in [0.1, 0.15) is 39.9 Å². The first-order valence-corrected chi connectivity index (χ1v) is 6.06. The Hall–Kier alpha value is -1.53. The average molecular weight is 249 g/mol. The highest BCUT2D eigenvalue weighted by Crippen LogP contribution is 2.26. The van der Waals surface area contributed by atoms with Crippen LogP contribution in [0, 0.1) is 0 Å². The lowest BCUT2D eigenvalue weighted by molar-refractivity contribution is 0.0591. The van der Waals surface area contributed by atoms with E-state index in [0.29, 0.717) is 31.2 Å². The average Bonchev–Trinajstić information content (AvgIpc) is 3.06. The van der Waals surface area contributed by atoms with E-state index >= 15 is 0 Å². The molecule has 0 bridgehead atoms. The lowest BCUT2D eigenvalue weighted by Gasteiger charge is -2.11. The van der Waals surface area contributed by atoms with E-state index in [2.05, 4.69) is 15.3 Å². The quantitative estimate of drug-likeness (QED) is 0.763. The molecule has 0 aliphatic carbocycles. The minimum Gasteiger partial charge on any atom is -0.464 e. The number of carbonyl (C=O) groups is 1. The van der Waals surface area contributed by atoms with Crippen molar-refractivity contribution in [3.63, 3.8) is 0 Å². The van der Waals surface area contributed by atoms with E-state index in [4.69, 9.17) is 9.47 Å². The number of hydrogen-bond donors (Lipinski definition) is 1. The first-order chi connectivity index (χ1) is 8.79. The standard InChI is InChI=1S/C12H15N3O3/c1-17-12(16)10-8-4-13-5-9(8)14-11(15-10)7-2-3-18-6-7/h7,13H,2-6H2,1H3. The van der Waals surface area contributed by atoms with Crippen molar-refractivity contribution in [3.05, 3.63) is 22.8 Å². The first kappa shape index (κ1) is 11.6. The molecule has 1 atom stereocenters. The molecule has 3 rings (SSSR count). The summed E-state index contributed by atoms with van der Waals surface area (Å²) in [6, 6.07) is 0. The number of fused-ring (bicyclic) bond motifs is 1. The highest BCUT2D eigenvalue weighted by Gasteiger charge is 2.28. The monoisotopic (exact) mass is 249 g/mol. The summed E-state index contributed by atoms with van der Waals surface area (Å²) < 4.78 is 10.1. The predicted octanol–water partition coefficient (Wildman–Crippen LogP) is 0.370. The normalized spacial score (nSPS) is 21.9. The molecule has 1 aromatic heterocycles. The van der Waals surface area contributed by atoms with Gasteiger partial charge in [0.15, 0.2) is 5.69 Å². The molecule has 18 heavy (non-hydrogen) atoms. The van der Waals surface area contributed by atoms with Crippen molar-refractivity contribution in [2.75, 3.05) is 20.3 Å². The van der Waals surface area contributed by atoms with Crippen molar-refractivity contribution in [2.24, 2.45) is 0 Å². The van der Waals surface area contributed by atoms with E-state index < -0.39 is 5.97 Å². The van der Waals surface area contributed by atoms with Crippen LogP contribution in [-0.4, -0.2) is 36.3 Å². The van der Waals surface area contributed by atoms with Gasteiger partial charge in [-0.1, -0.05) is 0 Å². The number of carbonyl (C=O) groups excluding carboxylic acids is 1. The van der Waals surface area contributed by atoms with Gasteiger partial charge in [-0.05, 0) is 6.42 Å². The van der Waals surface area contributed by atoms with Crippen LogP contribution in [0.15, 0.2) is 0 Å². The van der Waals surface area contributed by atoms with E-state index in [1.54, 1.807) is 0 Å². The van der Waals surface area contributed by atoms with Gasteiger partial charge in [0.05, 0.1) is 19.4 Å². The second-order valence-corrected chi connectivity index (χ2v) is 4.51. The van der Waals surface area contributed by atoms with Crippen molar-refractivity contribution in [3.8, 4) is 0 Å². The molecule has 0 saturated carbocycles. The maximum Gasteiger partial charge on any atom is 0.357 e. The first-order valence-electron chi connectivity index (χ1n) is 6.06. The molecule has 1 saturated heterocycles. The Bertz CT molecular complexity index is 484. The lowest BCUT2D eigenvalue weighted by Crippen LogP contribution is -2.15. The molecule has 1 aromatic rings. The van der Waals surface area contributed by atoms with E-state index in [0.717, 1.165) is 24.3 Å². The molecule has 0 amide bonds. The van der Waals surface area contributed by atoms with Crippen LogP contribution >= 0.6 is 0 Å². The van der Waals surface area contributed by atoms with Crippen molar-refractivity contribution in [2.45, 2.75) is 25.4 Å². The van der Waals surface area contributed by atoms with Gasteiger partial charge in [-0.25, -0.2) is 14.8 Å². The van der Waals surface area contributed by atoms with Gasteiger partial charge in [0.25, 0.3) is 0 Å². The lowest BCUT2D eigenvalue weighted by atomic mass is 10.1. The fourth-order valence-electron chi connectivity index (χ4n) is 2.37. The van der Waals surface area contributed by atoms with Crippen molar-refractivity contribution in [1.82, 2.24) is 15.3 Å². The van der Waals surface area contributed by atoms with E-state index in [1.165, 1.54) is 7.11 Å². The largest absolute Gasteiger partial charge is 0.464 e. The summed E-state index contributed by atoms with van der Waals surface area (Å²) in [7, 11) is 1.37. The number of nitrogens with one attached hydrogen (secondary N) is 1. The van der Waals surface area contributed by atoms with Crippen LogP contribution in [0.3, 0.4) is 0 Å². The molecule has 1 N–H and O–H groups in total. The third-order valence-corrected chi connectivity index (χ3v) is 3.38. The molecule has 6 heteroatoms. The van der Waals surface area contributed by atoms with Crippen LogP contribution in [0.4, 0.5) is 0 Å². The highest BCUT2D eigenvalue weighted by atomic mass is 16.5. The molecule has 2 aliphatic heterocycles. The van der Waals surface area contributed by atoms with Gasteiger partial charge >= 0.3 is 5.97 Å². The second-order valence-electron chi connectivity index (χ2n) is 4.51. The van der Waals surface area contributed by atoms with Crippen molar-refractivity contribution >= 4 is 5.97 Å². The number of aromatic nitrogens is 2. The molecule has 3 heterocycles. The Morgan fingerprint density at radius 2 is 2.33 bits per heavy atom. The van der Waals surface area contributed by atoms with Crippen LogP contribution in [0.2, 0.25) is 0 Å². The Morgan fingerprint density at radius 1 is 1.44 bits per heavy atom. The van der Waals surface area contributed by atoms with Gasteiger partial charge in [0, 0.05) is 31.2 Å². The predicted molar refractivity (Wildman–Crippen MR) is 62.1 cm³/mol. The number of ether oxygens (including phenoxy) is 2. The molecule has 0 radical (unpaired) electrons. The van der Waals surface area contributed by atoms with E-state index in [-0.39, 0.29) is 5.92 Å². The fraction of sp³-hybridized carbons (Fsp3) is 0.583. The van der Waals surface area contributed by atoms with Gasteiger partial charge < -0.3 is 14.8 Å². The number of nitrogens with zero attached hydrogens (tertiary/aromatic N) is 2. The van der Waals surface area contributed by atoms with Gasteiger partial charge in [-0.3, -0.25) is 0 Å². The summed E-state index contributed by atoms with van der Waals surface area (Å²) in [5.41, 5.74) is 2.17. The van der Waals surface area contributed by atoms with Gasteiger partial charge in [-0.2, -0.15) is 0 Å². The van der Waals surface area contributed by atoms with Crippen molar-refractivity contribution in [1.29, 1.82) is 0 Å². The zero-order chi connectivity index (χ0) is 12.5. The summed E-state index contributed by atoms with van der Waals surface area (Å²) in [4.78, 5) is 20.7. The summed E-state index contributed by atoms with van der Waals surface area (Å²) in [5, 5.41) is 3.18. The summed E-state index contributed by atoms with van der Waals surface area (Å²) >= 11 is 0. The molecular formula is C12H15N3O3. The minimum absolute atomic E-state index is 0.194. The summed E-state index contributed by atoms with van der Waals surface area (Å²) in [5.74, 6) is 0.507. The number of hydrogen-bond acceptors (Lipinski definition) is 6. The second kappa shape index (κ2) is 4.62. The smallest absolute Gasteiger partial charge is 0.357 e. The molecule has 2 aliphatic rings. The number of rotatable bonds is 2. The molecule has 1 unspecified atom stereocenters. The molecule has 6 nitrogen and oxygen atoms in total. The van der Waals surface area contributed by atoms with Gasteiger partial charge in [-0.15, -0.1) is 0 Å². The zero-order valence-electron chi connectivity index (χ0n) is 10.2. The molecule has 96 valence electrons. The summed E-state index contributed by atoms with van der Waals surface area (Å²) in [6.45, 7) is 2.67. The maximum atomic E-state index is 11.8. The molecule has 1 fully saturated rings. The van der Waals surface area contributed by atoms with Gasteiger partial charge in [0.2, 0.25) is 0 Å². The Balaban J connectivity index is 2.03. The Kier molecular flexibility index (Phi) is 2.97. The topological polar surface area (TPSA) is 73.3 Å². The minimum atomic E-state index is -0.391. The van der Waals surface area contributed by atoms with Crippen LogP contribution in [0.5, 0.6) is 0 Å². The Labute approximate surface area is 105 Å². The summed E-state index contributed by atoms with van der Waals surface area (Å²) in [6.07, 6.45) is 0.910. The van der Waals surface area contributed by atoms with Crippen LogP contribution < -0.4 is 5.32 Å². The molecule has 0 aromatic carbocycles. The highest BCUT2D eigenvalue weighted by molar-refractivity contribution is 5.89. The Morgan fingerprint density at radius 3 is 3.06 bits per heavy atom. The third kappa shape index (κ3) is 1.87. The van der Waals surface area contributed by atoms with E-state index in [9.17, 15) is 4.79 Å². The SMILES string of the molecule is COC(=O)c1nc(C2CCOC2)nc2c1CNC2. The van der Waals surface area contributed by atoms with Crippen molar-refractivity contribution < 1.29 is 14.3 Å². The van der Waals surface area contributed by atoms with E-state index in [1.807, 2.05) is 0 Å². The van der Waals surface area contributed by atoms with Gasteiger partial charge in [0.1, 0.15) is 5.82 Å². The number of esters is 1. The fourth-order valence-corrected chi connectivity index (χ4v) is 2.37. The molecular weight excluding hydrogens is 234 g/mol. The number of methoxy groups -OCH3 is 1.